The predicted octanol–water partition coefficient (Wildman–Crippen LogP) is 4.08. The zero-order valence-electron chi connectivity index (χ0n) is 18.2. The number of hydrogen-bond donors (Lipinski definition) is 1. The number of benzene rings is 1. The summed E-state index contributed by atoms with van der Waals surface area (Å²) in [6.07, 6.45) is 5.15. The van der Waals surface area contributed by atoms with E-state index < -0.39 is 5.54 Å². The number of carbonyl (C=O) groups excluding carboxylic acids is 1. The summed E-state index contributed by atoms with van der Waals surface area (Å²) in [6, 6.07) is 7.57. The van der Waals surface area contributed by atoms with Crippen LogP contribution in [0, 0.1) is 20.8 Å². The van der Waals surface area contributed by atoms with Crippen LogP contribution in [0.15, 0.2) is 33.3 Å². The molecule has 2 heterocycles. The van der Waals surface area contributed by atoms with E-state index in [-0.39, 0.29) is 12.3 Å². The van der Waals surface area contributed by atoms with Crippen LogP contribution in [-0.4, -0.2) is 21.2 Å². The Kier molecular flexibility index (Phi) is 6.06. The fraction of sp³-hybridized carbons (Fsp3) is 0.478. The summed E-state index contributed by atoms with van der Waals surface area (Å²) in [5.41, 5.74) is 2.17. The first-order valence-corrected chi connectivity index (χ1v) is 10.7. The maximum atomic E-state index is 12.9. The smallest absolute Gasteiger partial charge is 0.225 e. The van der Waals surface area contributed by atoms with Gasteiger partial charge < -0.3 is 19.1 Å². The number of nitrogens with one attached hydrogen (secondary N) is 1. The highest BCUT2D eigenvalue weighted by molar-refractivity contribution is 5.79. The lowest BCUT2D eigenvalue weighted by Gasteiger charge is -2.35. The summed E-state index contributed by atoms with van der Waals surface area (Å²) < 4.78 is 16.2. The lowest BCUT2D eigenvalue weighted by Crippen LogP contribution is -2.48. The van der Waals surface area contributed by atoms with Gasteiger partial charge in [0.05, 0.1) is 17.7 Å². The molecule has 3 aromatic rings. The van der Waals surface area contributed by atoms with E-state index in [1.165, 1.54) is 0 Å². The highest BCUT2D eigenvalue weighted by atomic mass is 16.5. The summed E-state index contributed by atoms with van der Waals surface area (Å²) in [5.74, 6) is 2.55. The Morgan fingerprint density at radius 2 is 1.81 bits per heavy atom. The van der Waals surface area contributed by atoms with Crippen molar-refractivity contribution in [1.82, 2.24) is 20.6 Å². The molecule has 0 unspecified atom stereocenters. The molecule has 0 atom stereocenters. The van der Waals surface area contributed by atoms with E-state index in [4.69, 9.17) is 13.8 Å². The minimum absolute atomic E-state index is 0.0475. The molecule has 1 amide bonds. The van der Waals surface area contributed by atoms with Crippen molar-refractivity contribution in [1.29, 1.82) is 0 Å². The summed E-state index contributed by atoms with van der Waals surface area (Å²) in [6.45, 7) is 5.93. The van der Waals surface area contributed by atoms with Crippen molar-refractivity contribution in [3.63, 3.8) is 0 Å². The Hall–Kier alpha value is -3.16. The van der Waals surface area contributed by atoms with E-state index in [1.807, 2.05) is 38.1 Å². The molecule has 1 fully saturated rings. The molecule has 1 aliphatic rings. The molecule has 1 N–H and O–H groups in total. The van der Waals surface area contributed by atoms with Gasteiger partial charge in [-0.3, -0.25) is 4.79 Å². The van der Waals surface area contributed by atoms with Crippen molar-refractivity contribution < 1.29 is 18.6 Å². The maximum absolute atomic E-state index is 12.9. The van der Waals surface area contributed by atoms with Crippen molar-refractivity contribution in [2.45, 2.75) is 71.4 Å². The van der Waals surface area contributed by atoms with Crippen LogP contribution < -0.4 is 10.1 Å². The van der Waals surface area contributed by atoms with Gasteiger partial charge in [0.2, 0.25) is 11.8 Å². The Balaban J connectivity index is 1.37. The van der Waals surface area contributed by atoms with Crippen LogP contribution in [0.1, 0.15) is 66.4 Å². The zero-order valence-corrected chi connectivity index (χ0v) is 18.2. The Bertz CT molecular complexity index is 1010. The lowest BCUT2D eigenvalue weighted by molar-refractivity contribution is -0.123. The number of ether oxygens (including phenoxy) is 1. The van der Waals surface area contributed by atoms with Gasteiger partial charge in [-0.15, -0.1) is 0 Å². The van der Waals surface area contributed by atoms with E-state index in [0.717, 1.165) is 60.4 Å². The standard InChI is InChI=1S/C23H28N4O4/c1-15-20(16(2)30-26-15)14-29-19-9-7-18(8-10-19)13-21(28)25-23(11-5-4-6-12-23)22-24-17(3)31-27-22/h7-10H,4-6,11-14H2,1-3H3,(H,25,28). The van der Waals surface area contributed by atoms with Crippen molar-refractivity contribution in [3.8, 4) is 5.75 Å². The molecular formula is C23H28N4O4. The van der Waals surface area contributed by atoms with Crippen LogP contribution in [0.5, 0.6) is 5.75 Å². The Morgan fingerprint density at radius 3 is 2.42 bits per heavy atom. The molecule has 4 rings (SSSR count). The minimum Gasteiger partial charge on any atom is -0.489 e. The summed E-state index contributed by atoms with van der Waals surface area (Å²) >= 11 is 0. The number of hydrogen-bond acceptors (Lipinski definition) is 7. The molecule has 164 valence electrons. The molecular weight excluding hydrogens is 396 g/mol. The number of amides is 1. The van der Waals surface area contributed by atoms with Gasteiger partial charge in [0, 0.05) is 6.92 Å². The lowest BCUT2D eigenvalue weighted by atomic mass is 9.80. The average Bonchev–Trinajstić information content (AvgIpc) is 3.34. The molecule has 8 nitrogen and oxygen atoms in total. The molecule has 1 saturated carbocycles. The molecule has 1 aliphatic carbocycles. The van der Waals surface area contributed by atoms with E-state index in [0.29, 0.717) is 18.3 Å². The van der Waals surface area contributed by atoms with Crippen molar-refractivity contribution >= 4 is 5.91 Å². The first-order valence-electron chi connectivity index (χ1n) is 10.7. The van der Waals surface area contributed by atoms with Crippen LogP contribution in [0.3, 0.4) is 0 Å². The van der Waals surface area contributed by atoms with Gasteiger partial charge in [-0.2, -0.15) is 4.98 Å². The third-order valence-corrected chi connectivity index (χ3v) is 5.89. The molecule has 0 radical (unpaired) electrons. The van der Waals surface area contributed by atoms with Crippen LogP contribution in [-0.2, 0) is 23.4 Å². The molecule has 2 aromatic heterocycles. The van der Waals surface area contributed by atoms with Gasteiger partial charge in [-0.25, -0.2) is 0 Å². The largest absolute Gasteiger partial charge is 0.489 e. The quantitative estimate of drug-likeness (QED) is 0.609. The van der Waals surface area contributed by atoms with Gasteiger partial charge in [-0.1, -0.05) is 41.7 Å². The highest BCUT2D eigenvalue weighted by Gasteiger charge is 2.39. The number of nitrogens with zero attached hydrogens (tertiary/aromatic N) is 3. The third-order valence-electron chi connectivity index (χ3n) is 5.89. The SMILES string of the molecule is Cc1nc(C2(NC(=O)Cc3ccc(OCc4c(C)noc4C)cc3)CCCCC2)no1. The average molecular weight is 425 g/mol. The van der Waals surface area contributed by atoms with E-state index in [1.54, 1.807) is 6.92 Å². The molecule has 8 heteroatoms. The van der Waals surface area contributed by atoms with Crippen LogP contribution in [0.2, 0.25) is 0 Å². The second-order valence-electron chi connectivity index (χ2n) is 8.24. The van der Waals surface area contributed by atoms with E-state index in [9.17, 15) is 4.79 Å². The van der Waals surface area contributed by atoms with Gasteiger partial charge in [0.25, 0.3) is 0 Å². The number of aryl methyl sites for hydroxylation is 3. The van der Waals surface area contributed by atoms with Crippen LogP contribution in [0.4, 0.5) is 0 Å². The first kappa shape index (κ1) is 21.1. The molecule has 0 spiro atoms. The van der Waals surface area contributed by atoms with Gasteiger partial charge >= 0.3 is 0 Å². The predicted molar refractivity (Wildman–Crippen MR) is 112 cm³/mol. The highest BCUT2D eigenvalue weighted by Crippen LogP contribution is 2.35. The third kappa shape index (κ3) is 4.78. The maximum Gasteiger partial charge on any atom is 0.225 e. The monoisotopic (exact) mass is 424 g/mol. The fourth-order valence-electron chi connectivity index (χ4n) is 4.12. The second-order valence-corrected chi connectivity index (χ2v) is 8.24. The van der Waals surface area contributed by atoms with Crippen molar-refractivity contribution in [2.75, 3.05) is 0 Å². The molecule has 0 bridgehead atoms. The fourth-order valence-corrected chi connectivity index (χ4v) is 4.12. The van der Waals surface area contributed by atoms with Crippen molar-refractivity contribution in [3.05, 3.63) is 58.6 Å². The number of aromatic nitrogens is 3. The second kappa shape index (κ2) is 8.91. The van der Waals surface area contributed by atoms with Crippen LogP contribution in [0.25, 0.3) is 0 Å². The van der Waals surface area contributed by atoms with Gasteiger partial charge in [0.15, 0.2) is 5.82 Å². The topological polar surface area (TPSA) is 103 Å². The number of rotatable bonds is 7. The molecule has 0 aliphatic heterocycles. The zero-order chi connectivity index (χ0) is 21.8. The first-order chi connectivity index (χ1) is 14.9. The minimum atomic E-state index is -0.537. The molecule has 0 saturated heterocycles. The molecule has 1 aromatic carbocycles. The van der Waals surface area contributed by atoms with Gasteiger partial charge in [0.1, 0.15) is 23.7 Å². The number of carbonyl (C=O) groups is 1. The summed E-state index contributed by atoms with van der Waals surface area (Å²) in [4.78, 5) is 17.3. The Labute approximate surface area is 181 Å². The summed E-state index contributed by atoms with van der Waals surface area (Å²) in [5, 5.41) is 11.3. The van der Waals surface area contributed by atoms with Crippen LogP contribution >= 0.6 is 0 Å². The summed E-state index contributed by atoms with van der Waals surface area (Å²) in [7, 11) is 0. The Morgan fingerprint density at radius 1 is 1.06 bits per heavy atom. The van der Waals surface area contributed by atoms with Gasteiger partial charge in [-0.05, 0) is 44.4 Å². The van der Waals surface area contributed by atoms with Crippen molar-refractivity contribution in [2.24, 2.45) is 0 Å². The van der Waals surface area contributed by atoms with E-state index in [2.05, 4.69) is 20.6 Å². The molecule has 31 heavy (non-hydrogen) atoms. The normalized spacial score (nSPS) is 15.6. The van der Waals surface area contributed by atoms with E-state index >= 15 is 0 Å².